The Hall–Kier alpha value is -7.76. The summed E-state index contributed by atoms with van der Waals surface area (Å²) in [6.07, 6.45) is 0. The Kier molecular flexibility index (Phi) is 11.0. The lowest BCUT2D eigenvalue weighted by Crippen LogP contribution is -2.13. The van der Waals surface area contributed by atoms with Crippen LogP contribution in [0.2, 0.25) is 0 Å². The van der Waals surface area contributed by atoms with Crippen LogP contribution in [0.4, 0.5) is 34.1 Å². The van der Waals surface area contributed by atoms with E-state index in [1.807, 2.05) is 22.7 Å². The molecule has 338 valence electrons. The zero-order valence-electron chi connectivity index (χ0n) is 40.3. The number of thiophene rings is 2. The minimum absolute atomic E-state index is 1.16. The molecule has 0 aliphatic carbocycles. The van der Waals surface area contributed by atoms with E-state index in [2.05, 4.69) is 258 Å². The molecule has 12 aromatic rings. The first-order chi connectivity index (χ1) is 34.2. The average molecular weight is 937 g/mol. The summed E-state index contributed by atoms with van der Waals surface area (Å²) in [6, 6.07) is 76.2. The highest BCUT2D eigenvalue weighted by atomic mass is 32.1. The van der Waals surface area contributed by atoms with Crippen LogP contribution < -0.4 is 9.80 Å². The van der Waals surface area contributed by atoms with Crippen LogP contribution >= 0.6 is 22.7 Å². The van der Waals surface area contributed by atoms with E-state index in [4.69, 9.17) is 0 Å². The molecule has 4 heteroatoms. The van der Waals surface area contributed by atoms with Gasteiger partial charge in [0.2, 0.25) is 0 Å². The molecule has 0 radical (unpaired) electrons. The van der Waals surface area contributed by atoms with Gasteiger partial charge in [0.25, 0.3) is 0 Å². The number of benzene rings is 10. The summed E-state index contributed by atoms with van der Waals surface area (Å²) in [4.78, 5) is 4.99. The van der Waals surface area contributed by atoms with Gasteiger partial charge in [-0.05, 0) is 169 Å². The van der Waals surface area contributed by atoms with Crippen molar-refractivity contribution in [2.24, 2.45) is 0 Å². The Labute approximate surface area is 419 Å². The minimum Gasteiger partial charge on any atom is -0.309 e. The summed E-state index contributed by atoms with van der Waals surface area (Å²) in [5, 5.41) is 5.16. The third-order valence-corrected chi connectivity index (χ3v) is 16.5. The molecule has 12 rings (SSSR count). The quantitative estimate of drug-likeness (QED) is 0.142. The predicted molar refractivity (Wildman–Crippen MR) is 306 cm³/mol. The summed E-state index contributed by atoms with van der Waals surface area (Å²) in [5.41, 5.74) is 22.1. The molecule has 2 aromatic heterocycles. The van der Waals surface area contributed by atoms with Gasteiger partial charge in [-0.15, -0.1) is 22.7 Å². The molecule has 0 unspecified atom stereocenters. The highest BCUT2D eigenvalue weighted by molar-refractivity contribution is 7.27. The third kappa shape index (κ3) is 7.47. The number of hydrogen-bond donors (Lipinski definition) is 0. The summed E-state index contributed by atoms with van der Waals surface area (Å²) in [5.74, 6) is 0. The van der Waals surface area contributed by atoms with Crippen LogP contribution in [-0.4, -0.2) is 0 Å². The van der Waals surface area contributed by atoms with Gasteiger partial charge in [-0.3, -0.25) is 0 Å². The first-order valence-corrected chi connectivity index (χ1v) is 25.8. The van der Waals surface area contributed by atoms with Gasteiger partial charge in [-0.2, -0.15) is 0 Å². The van der Waals surface area contributed by atoms with Gasteiger partial charge in [-0.1, -0.05) is 146 Å². The van der Waals surface area contributed by atoms with E-state index in [1.54, 1.807) is 0 Å². The fourth-order valence-corrected chi connectivity index (χ4v) is 13.4. The van der Waals surface area contributed by atoms with Crippen LogP contribution in [0, 0.1) is 41.5 Å². The van der Waals surface area contributed by atoms with Crippen molar-refractivity contribution in [3.05, 3.63) is 240 Å². The molecular formula is C66H52N2S2. The molecule has 0 amide bonds. The smallest absolute Gasteiger partial charge is 0.0640 e. The molecule has 2 heterocycles. The zero-order chi connectivity index (χ0) is 47.6. The summed E-state index contributed by atoms with van der Waals surface area (Å²) in [6.45, 7) is 13.6. The highest BCUT2D eigenvalue weighted by Gasteiger charge is 2.25. The number of anilines is 6. The van der Waals surface area contributed by atoms with E-state index in [9.17, 15) is 0 Å². The predicted octanol–water partition coefficient (Wildman–Crippen LogP) is 20.2. The normalized spacial score (nSPS) is 11.6. The van der Waals surface area contributed by atoms with E-state index < -0.39 is 0 Å². The maximum Gasteiger partial charge on any atom is 0.0640 e. The van der Waals surface area contributed by atoms with Crippen molar-refractivity contribution in [3.63, 3.8) is 0 Å². The third-order valence-electron chi connectivity index (χ3n) is 14.2. The Morgan fingerprint density at radius 1 is 0.271 bits per heavy atom. The molecule has 0 bridgehead atoms. The van der Waals surface area contributed by atoms with Gasteiger partial charge in [0.15, 0.2) is 0 Å². The van der Waals surface area contributed by atoms with Crippen molar-refractivity contribution < 1.29 is 0 Å². The molecule has 0 fully saturated rings. The Bertz CT molecular complexity index is 3670. The first kappa shape index (κ1) is 43.5. The fourth-order valence-electron chi connectivity index (χ4n) is 10.9. The van der Waals surface area contributed by atoms with Gasteiger partial charge in [-0.25, -0.2) is 0 Å². The van der Waals surface area contributed by atoms with Crippen molar-refractivity contribution in [1.82, 2.24) is 0 Å². The molecule has 0 N–H and O–H groups in total. The highest BCUT2D eigenvalue weighted by Crippen LogP contribution is 2.50. The van der Waals surface area contributed by atoms with Crippen LogP contribution in [0.3, 0.4) is 0 Å². The molecule has 0 aliphatic rings. The van der Waals surface area contributed by atoms with Gasteiger partial charge in [0.1, 0.15) is 0 Å². The number of fused-ring (bicyclic) bond motifs is 6. The SMILES string of the molecule is Cc1ccccc1N(c1cc(C)c(-c2c(C)cc(N(c3ccccc3C)c3cccc4c3sc3cc(-c5ccccc5)ccc34)cc2C)c(C)c1)c1cccc2c1sc1cc(-c3ccccc3)ccc12. The van der Waals surface area contributed by atoms with Crippen molar-refractivity contribution in [2.45, 2.75) is 41.5 Å². The number of hydrogen-bond acceptors (Lipinski definition) is 4. The maximum atomic E-state index is 2.49. The average Bonchev–Trinajstić information content (AvgIpc) is 3.95. The van der Waals surface area contributed by atoms with Crippen LogP contribution in [0.15, 0.2) is 206 Å². The molecule has 0 saturated heterocycles. The molecular weight excluding hydrogens is 885 g/mol. The summed E-state index contributed by atoms with van der Waals surface area (Å²) in [7, 11) is 0. The molecule has 0 saturated carbocycles. The standard InChI is InChI=1S/C66H52N2S2/c1-41-19-13-15-27-57(41)67(59-29-17-25-55-53-33-31-49(39-61(53)69-65(55)59)47-21-9-7-10-22-47)51-35-43(3)63(44(4)36-51)64-45(5)37-52(38-46(64)6)68(58-28-16-14-20-42(58)2)60-30-18-26-56-54-34-32-50(40-62(54)70-66(56)60)48-23-11-8-12-24-48/h7-40H,1-6H3. The molecule has 70 heavy (non-hydrogen) atoms. The Morgan fingerprint density at radius 3 is 1.01 bits per heavy atom. The second-order valence-corrected chi connectivity index (χ2v) is 20.9. The Morgan fingerprint density at radius 2 is 0.629 bits per heavy atom. The lowest BCUT2D eigenvalue weighted by atomic mass is 9.88. The number of aryl methyl sites for hydroxylation is 6. The molecule has 0 aliphatic heterocycles. The monoisotopic (exact) mass is 936 g/mol. The van der Waals surface area contributed by atoms with Gasteiger partial charge >= 0.3 is 0 Å². The second-order valence-electron chi connectivity index (χ2n) is 18.8. The summed E-state index contributed by atoms with van der Waals surface area (Å²) >= 11 is 3.78. The van der Waals surface area contributed by atoms with E-state index in [1.165, 1.54) is 130 Å². The lowest BCUT2D eigenvalue weighted by molar-refractivity contribution is 1.22. The van der Waals surface area contributed by atoms with Crippen LogP contribution in [0.5, 0.6) is 0 Å². The van der Waals surface area contributed by atoms with E-state index in [-0.39, 0.29) is 0 Å². The largest absolute Gasteiger partial charge is 0.309 e. The Balaban J connectivity index is 0.974. The number of nitrogens with zero attached hydrogens (tertiary/aromatic N) is 2. The molecule has 0 atom stereocenters. The summed E-state index contributed by atoms with van der Waals surface area (Å²) < 4.78 is 5.16. The molecule has 2 nitrogen and oxygen atoms in total. The fraction of sp³-hybridized carbons (Fsp3) is 0.0909. The van der Waals surface area contributed by atoms with Gasteiger partial charge < -0.3 is 9.80 Å². The van der Waals surface area contributed by atoms with E-state index in [0.717, 1.165) is 11.4 Å². The van der Waals surface area contributed by atoms with Crippen molar-refractivity contribution >= 4 is 97.1 Å². The topological polar surface area (TPSA) is 6.48 Å². The van der Waals surface area contributed by atoms with Crippen molar-refractivity contribution in [3.8, 4) is 33.4 Å². The lowest BCUT2D eigenvalue weighted by Gasteiger charge is -2.30. The van der Waals surface area contributed by atoms with Gasteiger partial charge in [0, 0.05) is 53.7 Å². The van der Waals surface area contributed by atoms with Crippen molar-refractivity contribution in [1.29, 1.82) is 0 Å². The first-order valence-electron chi connectivity index (χ1n) is 24.2. The second kappa shape index (κ2) is 17.6. The van der Waals surface area contributed by atoms with Crippen LogP contribution in [0.1, 0.15) is 33.4 Å². The molecule has 0 spiro atoms. The maximum absolute atomic E-state index is 2.49. The zero-order valence-corrected chi connectivity index (χ0v) is 42.0. The molecule has 10 aromatic carbocycles. The van der Waals surface area contributed by atoms with Crippen LogP contribution in [0.25, 0.3) is 73.7 Å². The van der Waals surface area contributed by atoms with Gasteiger partial charge in [0.05, 0.1) is 20.8 Å². The number of para-hydroxylation sites is 2. The van der Waals surface area contributed by atoms with Crippen LogP contribution in [-0.2, 0) is 0 Å². The van der Waals surface area contributed by atoms with Crippen molar-refractivity contribution in [2.75, 3.05) is 9.80 Å². The minimum atomic E-state index is 1.16. The van der Waals surface area contributed by atoms with E-state index >= 15 is 0 Å². The van der Waals surface area contributed by atoms with E-state index in [0.29, 0.717) is 0 Å². The number of rotatable bonds is 9.